The van der Waals surface area contributed by atoms with Gasteiger partial charge in [-0.3, -0.25) is 9.69 Å². The number of pyridine rings is 1. The largest absolute Gasteiger partial charge is 0.508 e. The van der Waals surface area contributed by atoms with Crippen LogP contribution >= 0.6 is 0 Å². The van der Waals surface area contributed by atoms with Crippen molar-refractivity contribution in [3.8, 4) is 11.5 Å². The molecule has 1 amide bonds. The van der Waals surface area contributed by atoms with Crippen molar-refractivity contribution in [3.05, 3.63) is 112 Å². The second-order valence-corrected chi connectivity index (χ2v) is 16.7. The molecule has 3 atom stereocenters. The van der Waals surface area contributed by atoms with Crippen molar-refractivity contribution in [1.82, 2.24) is 14.8 Å². The van der Waals surface area contributed by atoms with Gasteiger partial charge in [0, 0.05) is 70.5 Å². The molecule has 8 heteroatoms. The van der Waals surface area contributed by atoms with E-state index in [2.05, 4.69) is 75.5 Å². The lowest BCUT2D eigenvalue weighted by atomic mass is 9.57. The van der Waals surface area contributed by atoms with Crippen LogP contribution in [0.3, 0.4) is 0 Å². The highest BCUT2D eigenvalue weighted by Crippen LogP contribution is 2.53. The van der Waals surface area contributed by atoms with Gasteiger partial charge < -0.3 is 24.5 Å². The Hall–Kier alpha value is -4.56. The van der Waals surface area contributed by atoms with Crippen LogP contribution in [0.2, 0.25) is 0 Å². The van der Waals surface area contributed by atoms with Gasteiger partial charge in [-0.05, 0) is 114 Å². The van der Waals surface area contributed by atoms with E-state index in [9.17, 15) is 9.90 Å². The van der Waals surface area contributed by atoms with E-state index in [4.69, 9.17) is 9.72 Å². The average molecular weight is 696 g/mol. The molecule has 268 valence electrons. The second kappa shape index (κ2) is 12.5. The molecule has 2 saturated heterocycles. The molecule has 3 fully saturated rings. The maximum absolute atomic E-state index is 12.5. The highest BCUT2D eigenvalue weighted by Gasteiger charge is 2.47. The van der Waals surface area contributed by atoms with Gasteiger partial charge in [-0.15, -0.1) is 0 Å². The Bertz CT molecular complexity index is 1980. The van der Waals surface area contributed by atoms with Gasteiger partial charge in [0.2, 0.25) is 0 Å². The SMILES string of the molecule is CN1Cc2cc3c(cc2C1=O)OCC1CN(CC2CC4(CCN(c5ccc(C6c7ccc(O)cc7CCC6c6ccccc6)cn5)CC4)C2)CCN31. The van der Waals surface area contributed by atoms with Crippen LogP contribution < -0.4 is 14.5 Å². The van der Waals surface area contributed by atoms with Crippen LogP contribution in [0.5, 0.6) is 11.5 Å². The summed E-state index contributed by atoms with van der Waals surface area (Å²) in [5.74, 6) is 3.83. The van der Waals surface area contributed by atoms with Crippen LogP contribution in [0, 0.1) is 11.3 Å². The van der Waals surface area contributed by atoms with Crippen LogP contribution in [0.1, 0.15) is 82.1 Å². The third-order valence-electron chi connectivity index (χ3n) is 13.5. The first-order chi connectivity index (χ1) is 25.4. The van der Waals surface area contributed by atoms with Crippen molar-refractivity contribution in [1.29, 1.82) is 0 Å². The number of rotatable bonds is 5. The van der Waals surface area contributed by atoms with E-state index in [0.29, 0.717) is 36.3 Å². The monoisotopic (exact) mass is 695 g/mol. The molecule has 0 radical (unpaired) electrons. The van der Waals surface area contributed by atoms with Crippen molar-refractivity contribution in [2.45, 2.75) is 62.9 Å². The highest BCUT2D eigenvalue weighted by atomic mass is 16.5. The summed E-state index contributed by atoms with van der Waals surface area (Å²) in [6.07, 6.45) is 9.38. The summed E-state index contributed by atoms with van der Waals surface area (Å²) in [7, 11) is 1.88. The van der Waals surface area contributed by atoms with Crippen molar-refractivity contribution in [2.24, 2.45) is 11.3 Å². The molecule has 1 saturated carbocycles. The van der Waals surface area contributed by atoms with Gasteiger partial charge in [0.15, 0.2) is 0 Å². The van der Waals surface area contributed by atoms with Crippen molar-refractivity contribution in [3.63, 3.8) is 0 Å². The van der Waals surface area contributed by atoms with E-state index in [1.54, 1.807) is 4.90 Å². The minimum absolute atomic E-state index is 0.102. The van der Waals surface area contributed by atoms with Crippen LogP contribution in [0.15, 0.2) is 79.0 Å². The van der Waals surface area contributed by atoms with Crippen LogP contribution in [-0.4, -0.2) is 84.8 Å². The lowest BCUT2D eigenvalue weighted by Gasteiger charge is -2.54. The van der Waals surface area contributed by atoms with Crippen LogP contribution in [0.25, 0.3) is 0 Å². The van der Waals surface area contributed by atoms with E-state index in [1.165, 1.54) is 60.2 Å². The van der Waals surface area contributed by atoms with Gasteiger partial charge >= 0.3 is 0 Å². The number of carbonyl (C=O) groups excluding carboxylic acids is 1. The quantitative estimate of drug-likeness (QED) is 0.246. The van der Waals surface area contributed by atoms with Gasteiger partial charge in [-0.2, -0.15) is 0 Å². The van der Waals surface area contributed by atoms with Gasteiger partial charge in [0.1, 0.15) is 23.9 Å². The Morgan fingerprint density at radius 2 is 1.77 bits per heavy atom. The smallest absolute Gasteiger partial charge is 0.254 e. The van der Waals surface area contributed by atoms with E-state index < -0.39 is 0 Å². The molecule has 3 aromatic carbocycles. The van der Waals surface area contributed by atoms with Gasteiger partial charge in [-0.1, -0.05) is 42.5 Å². The number of aromatic nitrogens is 1. The summed E-state index contributed by atoms with van der Waals surface area (Å²) in [4.78, 5) is 27.1. The van der Waals surface area contributed by atoms with Gasteiger partial charge in [0.05, 0.1) is 11.7 Å². The molecule has 8 nitrogen and oxygen atoms in total. The number of phenolic OH excluding ortho intramolecular Hbond substituents is 1. The molecule has 10 rings (SSSR count). The molecule has 0 bridgehead atoms. The number of amides is 1. The molecular formula is C44H49N5O3. The Morgan fingerprint density at radius 1 is 0.923 bits per heavy atom. The van der Waals surface area contributed by atoms with E-state index in [-0.39, 0.29) is 11.8 Å². The standard InChI is InChI=1S/C44H49N5O3/c1-46-26-33-20-39-40(21-38(33)43(46)51)52-28-34-27-47(17-18-49(34)39)25-29-22-44(23-29)13-15-48(16-14-44)41-12-8-32(24-45-41)42-36(30-5-3-2-4-6-30)10-7-31-19-35(50)9-11-37(31)42/h2-6,8-9,11-12,19-21,24,29,34,36,42,50H,7,10,13-18,22-23,25-28H2,1H3. The first-order valence-corrected chi connectivity index (χ1v) is 19.5. The molecule has 52 heavy (non-hydrogen) atoms. The Kier molecular flexibility index (Phi) is 7.75. The lowest BCUT2D eigenvalue weighted by molar-refractivity contribution is 0.00293. The summed E-state index contributed by atoms with van der Waals surface area (Å²) < 4.78 is 6.25. The zero-order valence-electron chi connectivity index (χ0n) is 30.2. The Morgan fingerprint density at radius 3 is 2.58 bits per heavy atom. The second-order valence-electron chi connectivity index (χ2n) is 16.7. The van der Waals surface area contributed by atoms with Crippen molar-refractivity contribution >= 4 is 17.4 Å². The molecule has 5 heterocycles. The summed E-state index contributed by atoms with van der Waals surface area (Å²) in [6, 6.07) is 26.0. The molecule has 3 unspecified atom stereocenters. The number of phenols is 1. The fraction of sp³-hybridized carbons (Fsp3) is 0.455. The maximum atomic E-state index is 12.5. The zero-order chi connectivity index (χ0) is 35.0. The number of piperazine rings is 1. The minimum Gasteiger partial charge on any atom is -0.508 e. The number of nitrogens with zero attached hydrogens (tertiary/aromatic N) is 5. The van der Waals surface area contributed by atoms with E-state index >= 15 is 0 Å². The zero-order valence-corrected chi connectivity index (χ0v) is 30.2. The molecule has 6 aliphatic rings. The number of hydrogen-bond acceptors (Lipinski definition) is 7. The van der Waals surface area contributed by atoms with Gasteiger partial charge in [0.25, 0.3) is 5.91 Å². The molecule has 1 N–H and O–H groups in total. The molecule has 4 aromatic rings. The molecule has 4 aliphatic heterocycles. The molecule has 2 aliphatic carbocycles. The predicted molar refractivity (Wildman–Crippen MR) is 204 cm³/mol. The average Bonchev–Trinajstić information content (AvgIpc) is 3.44. The third kappa shape index (κ3) is 5.53. The van der Waals surface area contributed by atoms with E-state index in [0.717, 1.165) is 74.2 Å². The molecule has 1 spiro atoms. The number of piperidine rings is 1. The Labute approximate surface area is 307 Å². The highest BCUT2D eigenvalue weighted by molar-refractivity contribution is 5.99. The summed E-state index contributed by atoms with van der Waals surface area (Å²) in [5.41, 5.74) is 8.82. The number of carbonyl (C=O) groups is 1. The minimum atomic E-state index is 0.102. The third-order valence-corrected chi connectivity index (χ3v) is 13.5. The van der Waals surface area contributed by atoms with E-state index in [1.807, 2.05) is 25.2 Å². The lowest BCUT2D eigenvalue weighted by Crippen LogP contribution is -2.59. The first-order valence-electron chi connectivity index (χ1n) is 19.5. The summed E-state index contributed by atoms with van der Waals surface area (Å²) >= 11 is 0. The number of ether oxygens (including phenoxy) is 1. The molecular weight excluding hydrogens is 647 g/mol. The first kappa shape index (κ1) is 32.1. The normalized spacial score (nSPS) is 25.2. The number of aromatic hydroxyl groups is 1. The summed E-state index contributed by atoms with van der Waals surface area (Å²) in [5, 5.41) is 10.2. The number of aryl methyl sites for hydroxylation is 1. The Balaban J connectivity index is 0.748. The fourth-order valence-corrected chi connectivity index (χ4v) is 10.9. The van der Waals surface area contributed by atoms with Crippen molar-refractivity contribution < 1.29 is 14.6 Å². The fourth-order valence-electron chi connectivity index (χ4n) is 10.9. The molecule has 1 aromatic heterocycles. The number of anilines is 2. The van der Waals surface area contributed by atoms with Crippen molar-refractivity contribution in [2.75, 3.05) is 62.7 Å². The summed E-state index contributed by atoms with van der Waals surface area (Å²) in [6.45, 7) is 7.91. The number of hydrogen-bond donors (Lipinski definition) is 1. The number of fused-ring (bicyclic) bond motifs is 5. The van der Waals surface area contributed by atoms with Gasteiger partial charge in [-0.25, -0.2) is 4.98 Å². The maximum Gasteiger partial charge on any atom is 0.254 e. The predicted octanol–water partition coefficient (Wildman–Crippen LogP) is 6.81. The van der Waals surface area contributed by atoms with Crippen LogP contribution in [0.4, 0.5) is 11.5 Å². The topological polar surface area (TPSA) is 72.4 Å². The van der Waals surface area contributed by atoms with Crippen LogP contribution in [-0.2, 0) is 13.0 Å². The number of benzene rings is 3.